The number of rotatable bonds is 5. The van der Waals surface area contributed by atoms with Crippen LogP contribution in [-0.4, -0.2) is 49.1 Å². The molecule has 1 fully saturated rings. The van der Waals surface area contributed by atoms with E-state index < -0.39 is 23.9 Å². The minimum Gasteiger partial charge on any atom is -0.497 e. The lowest BCUT2D eigenvalue weighted by atomic mass is 9.97. The first-order valence-electron chi connectivity index (χ1n) is 10.0. The van der Waals surface area contributed by atoms with Crippen LogP contribution in [-0.2, 0) is 14.4 Å². The summed E-state index contributed by atoms with van der Waals surface area (Å²) in [5.41, 5.74) is -0.287. The molecule has 1 saturated heterocycles. The number of pyridine rings is 1. The van der Waals surface area contributed by atoms with Crippen molar-refractivity contribution in [1.82, 2.24) is 10.3 Å². The molecule has 0 spiro atoms. The van der Waals surface area contributed by atoms with E-state index in [1.54, 1.807) is 0 Å². The number of hydroxylamine groups is 1. The van der Waals surface area contributed by atoms with Crippen molar-refractivity contribution in [1.29, 1.82) is 0 Å². The normalized spacial score (nSPS) is 14.3. The van der Waals surface area contributed by atoms with Gasteiger partial charge in [0.15, 0.2) is 5.82 Å². The van der Waals surface area contributed by atoms with Gasteiger partial charge in [-0.3, -0.25) is 9.59 Å². The fourth-order valence-electron chi connectivity index (χ4n) is 3.18. The summed E-state index contributed by atoms with van der Waals surface area (Å²) < 4.78 is 43.8. The highest BCUT2D eigenvalue weighted by Crippen LogP contribution is 2.28. The Morgan fingerprint density at radius 3 is 2.47 bits per heavy atom. The molecule has 2 aromatic rings. The van der Waals surface area contributed by atoms with Crippen LogP contribution >= 0.6 is 11.6 Å². The number of nitrogens with one attached hydrogen (secondary N) is 2. The van der Waals surface area contributed by atoms with Crippen LogP contribution in [0.2, 0.25) is 5.02 Å². The second-order valence-electron chi connectivity index (χ2n) is 7.24. The Morgan fingerprint density at radius 1 is 1.18 bits per heavy atom. The van der Waals surface area contributed by atoms with Crippen LogP contribution in [0.3, 0.4) is 0 Å². The molecule has 0 radical (unpaired) electrons. The highest BCUT2D eigenvalue weighted by atomic mass is 35.5. The molecular weight excluding hydrogens is 481 g/mol. The molecule has 0 unspecified atom stereocenters. The molecule has 1 aliphatic rings. The van der Waals surface area contributed by atoms with E-state index in [1.807, 2.05) is 0 Å². The fourth-order valence-corrected chi connectivity index (χ4v) is 3.29. The van der Waals surface area contributed by atoms with Gasteiger partial charge in [-0.05, 0) is 56.3 Å². The Kier molecular flexibility index (Phi) is 7.94. The van der Waals surface area contributed by atoms with E-state index in [-0.39, 0.29) is 38.9 Å². The van der Waals surface area contributed by atoms with E-state index in [2.05, 4.69) is 20.5 Å². The number of amides is 2. The molecule has 2 N–H and O–H groups in total. The number of nitrogens with zero attached hydrogens (tertiary/aromatic N) is 2. The van der Waals surface area contributed by atoms with Crippen molar-refractivity contribution < 1.29 is 37.1 Å². The number of halogens is 4. The maximum atomic E-state index is 13.3. The lowest BCUT2D eigenvalue weighted by molar-refractivity contribution is -0.200. The van der Waals surface area contributed by atoms with Crippen molar-refractivity contribution in [3.8, 4) is 5.75 Å². The van der Waals surface area contributed by atoms with Gasteiger partial charge in [0.1, 0.15) is 5.75 Å². The highest BCUT2D eigenvalue weighted by molar-refractivity contribution is 6.30. The summed E-state index contributed by atoms with van der Waals surface area (Å²) in [7, 11) is 1.32. The number of hydrogen-bond donors (Lipinski definition) is 2. The van der Waals surface area contributed by atoms with Gasteiger partial charge in [0.05, 0.1) is 23.4 Å². The van der Waals surface area contributed by atoms with Gasteiger partial charge in [-0.25, -0.2) is 9.78 Å². The number of aromatic nitrogens is 1. The number of alkyl halides is 3. The summed E-state index contributed by atoms with van der Waals surface area (Å²) >= 11 is 5.76. The third-order valence-corrected chi connectivity index (χ3v) is 5.16. The van der Waals surface area contributed by atoms with Gasteiger partial charge in [-0.1, -0.05) is 11.6 Å². The maximum absolute atomic E-state index is 13.3. The third-order valence-electron chi connectivity index (χ3n) is 4.93. The quantitative estimate of drug-likeness (QED) is 0.606. The minimum atomic E-state index is -5.38. The molecule has 0 atom stereocenters. The number of hydrogen-bond acceptors (Lipinski definition) is 7. The first kappa shape index (κ1) is 25.2. The van der Waals surface area contributed by atoms with Crippen molar-refractivity contribution in [2.75, 3.05) is 30.6 Å². The van der Waals surface area contributed by atoms with Crippen LogP contribution in [0.4, 0.5) is 24.7 Å². The zero-order chi connectivity index (χ0) is 24.9. The topological polar surface area (TPSA) is 110 Å². The van der Waals surface area contributed by atoms with Crippen molar-refractivity contribution >= 4 is 40.9 Å². The van der Waals surface area contributed by atoms with Crippen molar-refractivity contribution in [3.05, 3.63) is 47.1 Å². The molecule has 1 aromatic heterocycles. The first-order chi connectivity index (χ1) is 16.1. The van der Waals surface area contributed by atoms with E-state index in [4.69, 9.17) is 16.3 Å². The van der Waals surface area contributed by atoms with Gasteiger partial charge in [-0.2, -0.15) is 13.2 Å². The minimum absolute atomic E-state index is 0.00338. The second kappa shape index (κ2) is 10.7. The summed E-state index contributed by atoms with van der Waals surface area (Å²) in [6.45, 7) is 1.30. The molecule has 0 saturated carbocycles. The molecule has 3 rings (SSSR count). The van der Waals surface area contributed by atoms with Crippen LogP contribution in [0.25, 0.3) is 0 Å². The van der Waals surface area contributed by atoms with Gasteiger partial charge in [0.2, 0.25) is 5.91 Å². The predicted molar refractivity (Wildman–Crippen MR) is 115 cm³/mol. The molecule has 1 aliphatic heterocycles. The van der Waals surface area contributed by atoms with E-state index in [0.717, 1.165) is 12.3 Å². The largest absolute Gasteiger partial charge is 0.497 e. The number of carbonyl (C=O) groups is 3. The molecule has 13 heteroatoms. The zero-order valence-electron chi connectivity index (χ0n) is 17.8. The van der Waals surface area contributed by atoms with Crippen molar-refractivity contribution in [2.24, 2.45) is 5.92 Å². The maximum Gasteiger partial charge on any atom is 0.493 e. The van der Waals surface area contributed by atoms with Crippen LogP contribution in [0.1, 0.15) is 23.2 Å². The monoisotopic (exact) mass is 500 g/mol. The number of anilines is 2. The molecule has 2 heterocycles. The van der Waals surface area contributed by atoms with Crippen LogP contribution < -0.4 is 20.4 Å². The summed E-state index contributed by atoms with van der Waals surface area (Å²) in [5.74, 6) is -4.78. The predicted octanol–water partition coefficient (Wildman–Crippen LogP) is 3.35. The van der Waals surface area contributed by atoms with Crippen LogP contribution in [0.15, 0.2) is 36.5 Å². The van der Waals surface area contributed by atoms with Crippen LogP contribution in [0.5, 0.6) is 5.75 Å². The SMILES string of the molecule is COc1ccc(NC(=O)C2CCNCC2)c(C(=O)N(OC(=O)C(F)(F)F)c2ccc(Cl)cn2)c1. The zero-order valence-corrected chi connectivity index (χ0v) is 18.6. The molecule has 34 heavy (non-hydrogen) atoms. The number of benzene rings is 1. The van der Waals surface area contributed by atoms with E-state index in [0.29, 0.717) is 25.9 Å². The second-order valence-corrected chi connectivity index (χ2v) is 7.67. The smallest absolute Gasteiger partial charge is 0.493 e. The summed E-state index contributed by atoms with van der Waals surface area (Å²) in [5, 5.41) is 5.99. The number of piperidine rings is 1. The summed E-state index contributed by atoms with van der Waals surface area (Å²) in [6, 6.07) is 6.37. The van der Waals surface area contributed by atoms with Gasteiger partial charge < -0.3 is 20.2 Å². The van der Waals surface area contributed by atoms with E-state index in [9.17, 15) is 27.6 Å². The molecule has 0 bridgehead atoms. The van der Waals surface area contributed by atoms with E-state index >= 15 is 0 Å². The lowest BCUT2D eigenvalue weighted by Crippen LogP contribution is -2.40. The molecular formula is C21H20ClF3N4O5. The highest BCUT2D eigenvalue weighted by Gasteiger charge is 2.44. The van der Waals surface area contributed by atoms with Crippen molar-refractivity contribution in [2.45, 2.75) is 19.0 Å². The number of ether oxygens (including phenoxy) is 1. The molecule has 0 aliphatic carbocycles. The summed E-state index contributed by atoms with van der Waals surface area (Å²) in [6.07, 6.45) is -3.17. The Labute approximate surface area is 197 Å². The average molecular weight is 501 g/mol. The number of methoxy groups -OCH3 is 1. The Hall–Kier alpha value is -3.38. The van der Waals surface area contributed by atoms with Gasteiger partial charge in [0, 0.05) is 12.1 Å². The molecule has 182 valence electrons. The third kappa shape index (κ3) is 6.14. The Bertz CT molecular complexity index is 1060. The number of carbonyl (C=O) groups excluding carboxylic acids is 3. The molecule has 2 amide bonds. The molecule has 1 aromatic carbocycles. The van der Waals surface area contributed by atoms with Gasteiger partial charge in [-0.15, -0.1) is 5.06 Å². The average Bonchev–Trinajstić information content (AvgIpc) is 2.82. The van der Waals surface area contributed by atoms with Crippen molar-refractivity contribution in [3.63, 3.8) is 0 Å². The first-order valence-corrected chi connectivity index (χ1v) is 10.4. The standard InChI is InChI=1S/C21H20ClF3N4O5/c1-33-14-3-4-16(28-18(30)12-6-8-26-9-7-12)15(10-14)19(31)29(34-20(32)21(23,24)25)17-5-2-13(22)11-27-17/h2-5,10-12,26H,6-9H2,1H3,(H,28,30). The van der Waals surface area contributed by atoms with E-state index in [1.165, 1.54) is 31.4 Å². The van der Waals surface area contributed by atoms with Gasteiger partial charge in [0.25, 0.3) is 5.91 Å². The Balaban J connectivity index is 1.98. The Morgan fingerprint density at radius 2 is 1.88 bits per heavy atom. The molecule has 9 nitrogen and oxygen atoms in total. The van der Waals surface area contributed by atoms with Gasteiger partial charge >= 0.3 is 12.1 Å². The lowest BCUT2D eigenvalue weighted by Gasteiger charge is -2.24. The fraction of sp³-hybridized carbons (Fsp3) is 0.333. The summed E-state index contributed by atoms with van der Waals surface area (Å²) in [4.78, 5) is 45.7. The van der Waals surface area contributed by atoms with Crippen LogP contribution in [0, 0.1) is 5.92 Å².